The second-order valence-electron chi connectivity index (χ2n) is 4.94. The molecule has 0 radical (unpaired) electrons. The van der Waals surface area contributed by atoms with Gasteiger partial charge in [0.15, 0.2) is 0 Å². The lowest BCUT2D eigenvalue weighted by Crippen LogP contribution is -2.16. The lowest BCUT2D eigenvalue weighted by molar-refractivity contribution is -0.143. The molecule has 1 aromatic rings. The topological polar surface area (TPSA) is 20.2 Å². The van der Waals surface area contributed by atoms with Crippen LogP contribution in [0.15, 0.2) is 18.2 Å². The monoisotopic (exact) mass is 298 g/mol. The minimum atomic E-state index is -4.85. The van der Waals surface area contributed by atoms with Gasteiger partial charge in [-0.25, -0.2) is 0 Å². The van der Waals surface area contributed by atoms with Crippen LogP contribution in [0, 0.1) is 0 Å². The van der Waals surface area contributed by atoms with E-state index in [4.69, 9.17) is 0 Å². The Labute approximate surface area is 111 Å². The highest BCUT2D eigenvalue weighted by Gasteiger charge is 2.38. The standard InChI is InChI=1S/C13H12F6O/c14-12(15,16)8-4-7(10-2-1-3-11(10)20)5-9(6-8)13(17,18)19/h4-6,10-11,20H,1-3H2. The van der Waals surface area contributed by atoms with Crippen LogP contribution in [0.2, 0.25) is 0 Å². The molecule has 1 N–H and O–H groups in total. The Morgan fingerprint density at radius 3 is 1.70 bits per heavy atom. The van der Waals surface area contributed by atoms with Gasteiger partial charge in [-0.15, -0.1) is 0 Å². The summed E-state index contributed by atoms with van der Waals surface area (Å²) in [5, 5.41) is 9.67. The molecular weight excluding hydrogens is 286 g/mol. The van der Waals surface area contributed by atoms with Crippen LogP contribution in [0.25, 0.3) is 0 Å². The van der Waals surface area contributed by atoms with Crippen LogP contribution in [-0.2, 0) is 12.4 Å². The van der Waals surface area contributed by atoms with E-state index in [1.165, 1.54) is 0 Å². The number of benzene rings is 1. The SMILES string of the molecule is OC1CCCC1c1cc(C(F)(F)F)cc(C(F)(F)F)c1. The van der Waals surface area contributed by atoms with Crippen molar-refractivity contribution in [3.63, 3.8) is 0 Å². The Kier molecular flexibility index (Phi) is 3.75. The number of rotatable bonds is 1. The van der Waals surface area contributed by atoms with E-state index in [-0.39, 0.29) is 11.6 Å². The first-order chi connectivity index (χ1) is 9.09. The van der Waals surface area contributed by atoms with Crippen molar-refractivity contribution >= 4 is 0 Å². The second kappa shape index (κ2) is 4.95. The summed E-state index contributed by atoms with van der Waals surface area (Å²) < 4.78 is 76.1. The lowest BCUT2D eigenvalue weighted by Gasteiger charge is -2.19. The predicted molar refractivity (Wildman–Crippen MR) is 59.0 cm³/mol. The Hall–Kier alpha value is -1.24. The third-order valence-corrected chi connectivity index (χ3v) is 3.52. The molecule has 0 saturated heterocycles. The van der Waals surface area contributed by atoms with Gasteiger partial charge >= 0.3 is 12.4 Å². The summed E-state index contributed by atoms with van der Waals surface area (Å²) in [6.07, 6.45) is -9.22. The summed E-state index contributed by atoms with van der Waals surface area (Å²) in [4.78, 5) is 0. The zero-order valence-corrected chi connectivity index (χ0v) is 10.2. The second-order valence-corrected chi connectivity index (χ2v) is 4.94. The van der Waals surface area contributed by atoms with Crippen molar-refractivity contribution in [3.8, 4) is 0 Å². The normalized spacial score (nSPS) is 24.1. The molecule has 0 spiro atoms. The molecule has 2 atom stereocenters. The fourth-order valence-corrected chi connectivity index (χ4v) is 2.52. The van der Waals surface area contributed by atoms with Crippen molar-refractivity contribution in [1.82, 2.24) is 0 Å². The van der Waals surface area contributed by atoms with Crippen LogP contribution < -0.4 is 0 Å². The highest BCUT2D eigenvalue weighted by molar-refractivity contribution is 5.36. The number of alkyl halides is 6. The molecule has 0 aliphatic heterocycles. The Morgan fingerprint density at radius 2 is 1.35 bits per heavy atom. The van der Waals surface area contributed by atoms with E-state index in [2.05, 4.69) is 0 Å². The van der Waals surface area contributed by atoms with Crippen LogP contribution in [0.3, 0.4) is 0 Å². The maximum Gasteiger partial charge on any atom is 0.416 e. The molecule has 0 heterocycles. The van der Waals surface area contributed by atoms with E-state index in [9.17, 15) is 31.4 Å². The lowest BCUT2D eigenvalue weighted by atomic mass is 9.92. The fraction of sp³-hybridized carbons (Fsp3) is 0.538. The predicted octanol–water partition coefficient (Wildman–Crippen LogP) is 4.35. The largest absolute Gasteiger partial charge is 0.416 e. The van der Waals surface area contributed by atoms with Gasteiger partial charge in [-0.2, -0.15) is 26.3 Å². The smallest absolute Gasteiger partial charge is 0.392 e. The average molecular weight is 298 g/mol. The van der Waals surface area contributed by atoms with Crippen molar-refractivity contribution in [1.29, 1.82) is 0 Å². The van der Waals surface area contributed by atoms with Crippen molar-refractivity contribution in [2.75, 3.05) is 0 Å². The van der Waals surface area contributed by atoms with Gasteiger partial charge < -0.3 is 5.11 Å². The Morgan fingerprint density at radius 1 is 0.850 bits per heavy atom. The quantitative estimate of drug-likeness (QED) is 0.764. The van der Waals surface area contributed by atoms with Crippen LogP contribution in [0.4, 0.5) is 26.3 Å². The van der Waals surface area contributed by atoms with Crippen molar-refractivity contribution in [2.24, 2.45) is 0 Å². The Bertz CT molecular complexity index is 458. The van der Waals surface area contributed by atoms with Crippen LogP contribution in [0.5, 0.6) is 0 Å². The van der Waals surface area contributed by atoms with E-state index in [0.717, 1.165) is 0 Å². The number of aliphatic hydroxyl groups excluding tert-OH is 1. The summed E-state index contributed by atoms with van der Waals surface area (Å²) in [5.74, 6) is -0.668. The molecule has 0 aromatic heterocycles. The van der Waals surface area contributed by atoms with E-state index < -0.39 is 35.5 Å². The number of hydrogen-bond acceptors (Lipinski definition) is 1. The van der Waals surface area contributed by atoms with Crippen molar-refractivity contribution in [3.05, 3.63) is 34.9 Å². The summed E-state index contributed by atoms with van der Waals surface area (Å²) in [5.41, 5.74) is -2.76. The van der Waals surface area contributed by atoms with Gasteiger partial charge in [-0.1, -0.05) is 6.42 Å². The molecule has 2 unspecified atom stereocenters. The molecular formula is C13H12F6O. The van der Waals surface area contributed by atoms with Crippen molar-refractivity contribution < 1.29 is 31.4 Å². The first-order valence-electron chi connectivity index (χ1n) is 6.06. The molecule has 1 fully saturated rings. The summed E-state index contributed by atoms with van der Waals surface area (Å²) in [6, 6.07) is 1.51. The maximum atomic E-state index is 12.7. The van der Waals surface area contributed by atoms with Gasteiger partial charge in [0, 0.05) is 5.92 Å². The van der Waals surface area contributed by atoms with E-state index in [0.29, 0.717) is 31.4 Å². The molecule has 0 bridgehead atoms. The molecule has 1 aliphatic carbocycles. The van der Waals surface area contributed by atoms with Gasteiger partial charge in [0.1, 0.15) is 0 Å². The summed E-state index contributed by atoms with van der Waals surface area (Å²) >= 11 is 0. The minimum Gasteiger partial charge on any atom is -0.392 e. The highest BCUT2D eigenvalue weighted by atomic mass is 19.4. The van der Waals surface area contributed by atoms with Crippen LogP contribution >= 0.6 is 0 Å². The van der Waals surface area contributed by atoms with E-state index in [1.807, 2.05) is 0 Å². The summed E-state index contributed by atoms with van der Waals surface area (Å²) in [7, 11) is 0. The summed E-state index contributed by atoms with van der Waals surface area (Å²) in [6.45, 7) is 0. The molecule has 1 aliphatic rings. The van der Waals surface area contributed by atoms with Gasteiger partial charge in [0.2, 0.25) is 0 Å². The molecule has 20 heavy (non-hydrogen) atoms. The van der Waals surface area contributed by atoms with Gasteiger partial charge in [0.05, 0.1) is 17.2 Å². The zero-order valence-electron chi connectivity index (χ0n) is 10.2. The molecule has 112 valence electrons. The maximum absolute atomic E-state index is 12.7. The molecule has 1 aromatic carbocycles. The van der Waals surface area contributed by atoms with Gasteiger partial charge in [-0.3, -0.25) is 0 Å². The van der Waals surface area contributed by atoms with E-state index >= 15 is 0 Å². The molecule has 0 amide bonds. The highest BCUT2D eigenvalue weighted by Crippen LogP contribution is 2.41. The first kappa shape index (κ1) is 15.2. The Balaban J connectivity index is 2.51. The number of aliphatic hydroxyl groups is 1. The average Bonchev–Trinajstić information content (AvgIpc) is 2.72. The molecule has 1 nitrogen and oxygen atoms in total. The third kappa shape index (κ3) is 3.08. The van der Waals surface area contributed by atoms with Crippen molar-refractivity contribution in [2.45, 2.75) is 43.6 Å². The zero-order chi connectivity index (χ0) is 15.1. The minimum absolute atomic E-state index is 0.0999. The van der Waals surface area contributed by atoms with Gasteiger partial charge in [-0.05, 0) is 36.6 Å². The van der Waals surface area contributed by atoms with E-state index in [1.54, 1.807) is 0 Å². The number of hydrogen-bond donors (Lipinski definition) is 1. The molecule has 1 saturated carbocycles. The van der Waals surface area contributed by atoms with Crippen LogP contribution in [0.1, 0.15) is 41.9 Å². The van der Waals surface area contributed by atoms with Gasteiger partial charge in [0.25, 0.3) is 0 Å². The number of halogens is 6. The third-order valence-electron chi connectivity index (χ3n) is 3.52. The fourth-order valence-electron chi connectivity index (χ4n) is 2.52. The molecule has 7 heteroatoms. The molecule has 2 rings (SSSR count). The first-order valence-corrected chi connectivity index (χ1v) is 6.06. The van der Waals surface area contributed by atoms with Crippen LogP contribution in [-0.4, -0.2) is 11.2 Å².